The van der Waals surface area contributed by atoms with Crippen molar-refractivity contribution in [3.63, 3.8) is 0 Å². The molecule has 8 nitrogen and oxygen atoms in total. The summed E-state index contributed by atoms with van der Waals surface area (Å²) in [6.07, 6.45) is 0. The molecule has 2 N–H and O–H groups in total. The maximum absolute atomic E-state index is 11.1. The summed E-state index contributed by atoms with van der Waals surface area (Å²) in [5.41, 5.74) is 1.02. The molecule has 0 saturated carbocycles. The Hall–Kier alpha value is -2.29. The molecule has 106 valence electrons. The van der Waals surface area contributed by atoms with Crippen LogP contribution in [0.4, 0.5) is 17.5 Å². The van der Waals surface area contributed by atoms with Gasteiger partial charge in [-0.05, 0) is 13.8 Å². The lowest BCUT2D eigenvalue weighted by Gasteiger charge is -2.08. The summed E-state index contributed by atoms with van der Waals surface area (Å²) >= 11 is 1.53. The number of hydrogen-bond acceptors (Lipinski definition) is 8. The zero-order chi connectivity index (χ0) is 14.7. The van der Waals surface area contributed by atoms with E-state index >= 15 is 0 Å². The molecule has 0 atom stereocenters. The summed E-state index contributed by atoms with van der Waals surface area (Å²) in [6.45, 7) is 3.87. The molecule has 2 aromatic rings. The first-order valence-electron chi connectivity index (χ1n) is 5.87. The topological polar surface area (TPSA) is 106 Å². The molecule has 2 heterocycles. The van der Waals surface area contributed by atoms with Crippen LogP contribution in [0.2, 0.25) is 0 Å². The predicted molar refractivity (Wildman–Crippen MR) is 77.1 cm³/mol. The van der Waals surface area contributed by atoms with Gasteiger partial charge in [0.15, 0.2) is 0 Å². The average molecular weight is 294 g/mol. The third-order valence-electron chi connectivity index (χ3n) is 2.57. The molecule has 0 saturated heterocycles. The zero-order valence-corrected chi connectivity index (χ0v) is 12.1. The first-order chi connectivity index (χ1) is 9.51. The van der Waals surface area contributed by atoms with Crippen LogP contribution in [0, 0.1) is 24.0 Å². The van der Waals surface area contributed by atoms with Gasteiger partial charge in [-0.3, -0.25) is 10.1 Å². The maximum atomic E-state index is 11.1. The molecule has 0 radical (unpaired) electrons. The number of nitro groups is 1. The van der Waals surface area contributed by atoms with Crippen molar-refractivity contribution in [1.29, 1.82) is 0 Å². The minimum Gasteiger partial charge on any atom is -0.358 e. The van der Waals surface area contributed by atoms with Crippen LogP contribution in [0.5, 0.6) is 0 Å². The van der Waals surface area contributed by atoms with Crippen LogP contribution in [0.3, 0.4) is 0 Å². The van der Waals surface area contributed by atoms with E-state index < -0.39 is 4.92 Å². The van der Waals surface area contributed by atoms with Gasteiger partial charge in [-0.1, -0.05) is 0 Å². The summed E-state index contributed by atoms with van der Waals surface area (Å²) in [4.78, 5) is 23.0. The van der Waals surface area contributed by atoms with E-state index in [9.17, 15) is 10.1 Å². The van der Waals surface area contributed by atoms with E-state index in [1.54, 1.807) is 14.0 Å². The largest absolute Gasteiger partial charge is 0.358 e. The Morgan fingerprint density at radius 1 is 1.35 bits per heavy atom. The third-order valence-corrected chi connectivity index (χ3v) is 3.39. The normalized spacial score (nSPS) is 10.3. The quantitative estimate of drug-likeness (QED) is 0.642. The summed E-state index contributed by atoms with van der Waals surface area (Å²) in [6, 6.07) is 0. The van der Waals surface area contributed by atoms with Crippen molar-refractivity contribution in [3.05, 3.63) is 31.9 Å². The Morgan fingerprint density at radius 3 is 2.65 bits per heavy atom. The number of hydrogen-bond donors (Lipinski definition) is 2. The van der Waals surface area contributed by atoms with Gasteiger partial charge in [0.1, 0.15) is 5.69 Å². The molecular formula is C11H14N6O2S. The van der Waals surface area contributed by atoms with E-state index in [1.165, 1.54) is 11.3 Å². The van der Waals surface area contributed by atoms with E-state index in [0.717, 1.165) is 10.7 Å². The van der Waals surface area contributed by atoms with Gasteiger partial charge in [-0.25, -0.2) is 9.97 Å². The van der Waals surface area contributed by atoms with Crippen LogP contribution in [-0.4, -0.2) is 26.9 Å². The second-order valence-corrected chi connectivity index (χ2v) is 5.11. The fraction of sp³-hybridized carbons (Fsp3) is 0.364. The molecule has 0 aliphatic carbocycles. The van der Waals surface area contributed by atoms with Crippen molar-refractivity contribution in [2.24, 2.45) is 0 Å². The number of aromatic nitrogens is 3. The summed E-state index contributed by atoms with van der Waals surface area (Å²) in [5, 5.41) is 19.7. The lowest BCUT2D eigenvalue weighted by atomic mass is 10.3. The molecular weight excluding hydrogens is 280 g/mol. The van der Waals surface area contributed by atoms with E-state index in [4.69, 9.17) is 0 Å². The lowest BCUT2D eigenvalue weighted by molar-refractivity contribution is -0.385. The molecule has 0 spiro atoms. The van der Waals surface area contributed by atoms with Gasteiger partial charge in [-0.2, -0.15) is 4.98 Å². The first kappa shape index (κ1) is 14.1. The van der Waals surface area contributed by atoms with E-state index in [-0.39, 0.29) is 11.5 Å². The third kappa shape index (κ3) is 2.99. The van der Waals surface area contributed by atoms with Crippen LogP contribution in [0.15, 0.2) is 5.38 Å². The highest BCUT2D eigenvalue weighted by molar-refractivity contribution is 7.09. The Labute approximate surface area is 119 Å². The average Bonchev–Trinajstić information content (AvgIpc) is 2.81. The van der Waals surface area contributed by atoms with E-state index in [2.05, 4.69) is 25.6 Å². The lowest BCUT2D eigenvalue weighted by Crippen LogP contribution is -2.09. The van der Waals surface area contributed by atoms with Gasteiger partial charge in [0.25, 0.3) is 0 Å². The van der Waals surface area contributed by atoms with Gasteiger partial charge in [0.2, 0.25) is 11.8 Å². The molecule has 0 aliphatic heterocycles. The summed E-state index contributed by atoms with van der Waals surface area (Å²) < 4.78 is 0. The second kappa shape index (κ2) is 5.78. The highest BCUT2D eigenvalue weighted by Crippen LogP contribution is 2.26. The summed E-state index contributed by atoms with van der Waals surface area (Å²) in [7, 11) is 1.66. The molecule has 0 aromatic carbocycles. The number of aryl methyl sites for hydroxylation is 2. The molecule has 0 unspecified atom stereocenters. The number of nitrogens with zero attached hydrogens (tertiary/aromatic N) is 4. The number of anilines is 2. The fourth-order valence-electron chi connectivity index (χ4n) is 1.68. The van der Waals surface area contributed by atoms with E-state index in [0.29, 0.717) is 18.2 Å². The second-order valence-electron chi connectivity index (χ2n) is 4.05. The van der Waals surface area contributed by atoms with Gasteiger partial charge >= 0.3 is 5.69 Å². The van der Waals surface area contributed by atoms with E-state index in [1.807, 2.05) is 12.3 Å². The van der Waals surface area contributed by atoms with Crippen LogP contribution in [0.1, 0.15) is 16.4 Å². The van der Waals surface area contributed by atoms with Gasteiger partial charge in [-0.15, -0.1) is 11.3 Å². The fourth-order valence-corrected chi connectivity index (χ4v) is 2.30. The minimum atomic E-state index is -0.483. The minimum absolute atomic E-state index is 0.115. The maximum Gasteiger partial charge on any atom is 0.332 e. The van der Waals surface area contributed by atoms with Gasteiger partial charge in [0.05, 0.1) is 22.2 Å². The molecule has 9 heteroatoms. The van der Waals surface area contributed by atoms with Crippen molar-refractivity contribution in [3.8, 4) is 0 Å². The van der Waals surface area contributed by atoms with Crippen LogP contribution in [-0.2, 0) is 6.54 Å². The highest BCUT2D eigenvalue weighted by atomic mass is 32.1. The number of nitrogens with one attached hydrogen (secondary N) is 2. The predicted octanol–water partition coefficient (Wildman–Crippen LogP) is 2.11. The Morgan fingerprint density at radius 2 is 2.10 bits per heavy atom. The van der Waals surface area contributed by atoms with Crippen molar-refractivity contribution >= 4 is 28.8 Å². The molecule has 0 fully saturated rings. The van der Waals surface area contributed by atoms with Crippen LogP contribution >= 0.6 is 11.3 Å². The van der Waals surface area contributed by atoms with Gasteiger partial charge in [0, 0.05) is 12.4 Å². The molecule has 20 heavy (non-hydrogen) atoms. The van der Waals surface area contributed by atoms with Crippen molar-refractivity contribution < 1.29 is 4.92 Å². The number of rotatable bonds is 5. The Kier molecular flexibility index (Phi) is 4.08. The first-order valence-corrected chi connectivity index (χ1v) is 6.75. The molecule has 0 aliphatic rings. The molecule has 0 amide bonds. The zero-order valence-electron chi connectivity index (χ0n) is 11.3. The molecule has 2 aromatic heterocycles. The monoisotopic (exact) mass is 294 g/mol. The number of thiazole rings is 1. The Balaban J connectivity index is 2.28. The van der Waals surface area contributed by atoms with Crippen molar-refractivity contribution in [2.75, 3.05) is 17.7 Å². The standard InChI is InChI=1S/C11H14N6O2S/c1-6-9(17(18)19)10(16-11(12-3)14-6)13-4-8-5-20-7(2)15-8/h5H,4H2,1-3H3,(H2,12,13,14,16). The molecule has 0 bridgehead atoms. The van der Waals surface area contributed by atoms with Crippen molar-refractivity contribution in [2.45, 2.75) is 20.4 Å². The summed E-state index contributed by atoms with van der Waals surface area (Å²) in [5.74, 6) is 0.530. The van der Waals surface area contributed by atoms with Crippen molar-refractivity contribution in [1.82, 2.24) is 15.0 Å². The SMILES string of the molecule is CNc1nc(C)c([N+](=O)[O-])c(NCc2csc(C)n2)n1. The van der Waals surface area contributed by atoms with Gasteiger partial charge < -0.3 is 10.6 Å². The Bertz CT molecular complexity index is 642. The van der Waals surface area contributed by atoms with Crippen LogP contribution < -0.4 is 10.6 Å². The van der Waals surface area contributed by atoms with Crippen LogP contribution in [0.25, 0.3) is 0 Å². The highest BCUT2D eigenvalue weighted by Gasteiger charge is 2.21. The smallest absolute Gasteiger partial charge is 0.332 e. The molecule has 2 rings (SSSR count).